The van der Waals surface area contributed by atoms with Crippen LogP contribution in [0.2, 0.25) is 0 Å². The molecular weight excluding hydrogens is 1920 g/mol. The molecule has 0 aliphatic carbocycles. The van der Waals surface area contributed by atoms with E-state index >= 15 is 0 Å². The molecule has 780 valence electrons. The van der Waals surface area contributed by atoms with Gasteiger partial charge in [0.25, 0.3) is 0 Å². The first-order chi connectivity index (χ1) is 67.4. The SMILES string of the molecule is CC(C)(C)Sc1ccc(S(=O)(=O)CCCN2CCCCC2)cc1.CC(C)(C)Sc1ccc2c(N3CC(N)C3)cc(C(=O)O)nc2c1.CC(C)(C)Sc1ccc2c(N3CC(N)C3)ncnc2c1.CC(C)CCC(=O)c1nnc2ccc(SC(C)(C)C)cc2n1.CN1CCN(CCCCC(=O)c2nnc3ccc(SC(C)(C)C)cc3n2)CC1.COc1ccc(OC(C)(C)C)cn1.Cn1ccc2cc(OC(C)(C)C)cnc21. The van der Waals surface area contributed by atoms with Gasteiger partial charge in [0.15, 0.2) is 15.5 Å². The van der Waals surface area contributed by atoms with E-state index in [9.17, 15) is 27.9 Å². The zero-order valence-electron chi connectivity index (χ0n) is 89.6. The molecule has 5 N–H and O–H groups in total. The van der Waals surface area contributed by atoms with Gasteiger partial charge in [-0.05, 0) is 241 Å². The minimum atomic E-state index is -3.16. The first-order valence-electron chi connectivity index (χ1n) is 49.9. The minimum Gasteiger partial charge on any atom is -0.487 e. The number of aromatic carboxylic acids is 1. The number of methoxy groups -OCH3 is 1. The molecule has 0 amide bonds. The molecule has 28 nitrogen and oxygen atoms in total. The number of hydrogen-bond donors (Lipinski definition) is 3. The van der Waals surface area contributed by atoms with Gasteiger partial charge in [-0.1, -0.05) is 124 Å². The molecule has 11 heterocycles. The van der Waals surface area contributed by atoms with Crippen molar-refractivity contribution >= 4 is 153 Å². The highest BCUT2D eigenvalue weighted by Crippen LogP contribution is 2.41. The van der Waals surface area contributed by atoms with Crippen molar-refractivity contribution in [2.75, 3.05) is 108 Å². The summed E-state index contributed by atoms with van der Waals surface area (Å²) in [4.78, 5) is 84.2. The number of aromatic nitrogens is 12. The van der Waals surface area contributed by atoms with E-state index in [-0.39, 0.29) is 81.7 Å². The van der Waals surface area contributed by atoms with Crippen molar-refractivity contribution in [3.63, 3.8) is 0 Å². The van der Waals surface area contributed by atoms with E-state index in [1.54, 1.807) is 97.1 Å². The van der Waals surface area contributed by atoms with Crippen LogP contribution in [-0.2, 0) is 16.9 Å². The van der Waals surface area contributed by atoms with E-state index in [0.717, 1.165) is 202 Å². The standard InChI is InChI=1S/C21H31N5OS.C18H29NO2S2.C17H21N3O2S.C17H23N3OS.C15H20N4S.C12H16N2O.C10H15NO2/c1-21(2,3)28-16-8-9-17-18(15-16)22-20(24-23-17)19(27)7-5-6-10-26-13-11-25(4)12-14-26;1-18(2,3)22-16-8-10-17(11-9-16)23(20,21)15-7-14-19-12-5-4-6-13-19;1-17(2,3)23-11-4-5-12-13(6-11)19-14(16(21)22)7-15(12)20-8-10(18)9-20;1-11(2)6-9-15(21)16-18-14-10-12(22-17(3,4)5)7-8-13(14)19-20-16;1-15(2,3)20-11-4-5-12-13(6-11)17-9-18-14(12)19-7-10(16)8-19;1-12(2,3)15-10-7-9-5-6-14(4)11(9)13-8-10;1-10(2,3)13-8-5-6-9(12-4)11-7-8/h8-9,15H,5-7,10-14H2,1-4H3;8-11H,4-7,12-15H2,1-3H3;4-7,10H,8-9,18H2,1-3H3,(H,21,22);7-8,10-11H,6,9H2,1-5H3;4-6,9-10H,7-8,16H2,1-3H3;5-8H,1-4H3;5-7H,1-4H3. The van der Waals surface area contributed by atoms with Gasteiger partial charge in [0.2, 0.25) is 29.1 Å². The fourth-order valence-electron chi connectivity index (χ4n) is 15.6. The van der Waals surface area contributed by atoms with E-state index in [1.165, 1.54) is 24.2 Å². The molecule has 16 rings (SSSR count). The second-order valence-corrected chi connectivity index (χ2v) is 55.9. The number of ether oxygens (including phenoxy) is 3. The molecule has 4 fully saturated rings. The van der Waals surface area contributed by atoms with Crippen LogP contribution in [-0.4, -0.2) is 251 Å². The van der Waals surface area contributed by atoms with Crippen LogP contribution >= 0.6 is 58.8 Å². The van der Waals surface area contributed by atoms with Gasteiger partial charge in [-0.2, -0.15) is 0 Å². The molecule has 0 spiro atoms. The lowest BCUT2D eigenvalue weighted by atomic mass is 10.1. The third-order valence-electron chi connectivity index (χ3n) is 22.1. The maximum Gasteiger partial charge on any atom is 0.354 e. The summed E-state index contributed by atoms with van der Waals surface area (Å²) in [6.45, 7) is 60.8. The lowest BCUT2D eigenvalue weighted by Gasteiger charge is -2.39. The Hall–Kier alpha value is -9.46. The predicted molar refractivity (Wildman–Crippen MR) is 598 cm³/mol. The average molecular weight is 2080 g/mol. The molecule has 4 saturated heterocycles. The van der Waals surface area contributed by atoms with Crippen LogP contribution in [0.1, 0.15) is 249 Å². The first kappa shape index (κ1) is 116. The number of thioether (sulfide) groups is 5. The molecule has 0 bridgehead atoms. The average Bonchev–Trinajstić information content (AvgIpc) is 0.807. The Morgan fingerprint density at radius 3 is 1.44 bits per heavy atom. The van der Waals surface area contributed by atoms with Crippen LogP contribution in [0.15, 0.2) is 182 Å². The lowest BCUT2D eigenvalue weighted by molar-refractivity contribution is 0.0690. The van der Waals surface area contributed by atoms with E-state index in [0.29, 0.717) is 29.5 Å². The number of likely N-dealkylation sites (tertiary alicyclic amines) is 1. The quantitative estimate of drug-likeness (QED) is 0.0257. The van der Waals surface area contributed by atoms with E-state index in [4.69, 9.17) is 25.7 Å². The van der Waals surface area contributed by atoms with Gasteiger partial charge in [0.05, 0.1) is 52.2 Å². The predicted octanol–water partition coefficient (Wildman–Crippen LogP) is 22.9. The summed E-state index contributed by atoms with van der Waals surface area (Å²) in [6, 6.07) is 41.5. The summed E-state index contributed by atoms with van der Waals surface area (Å²) in [7, 11) is 2.58. The normalized spacial score (nSPS) is 14.9. The molecule has 12 aromatic rings. The zero-order valence-corrected chi connectivity index (χ0v) is 94.5. The van der Waals surface area contributed by atoms with E-state index < -0.39 is 15.8 Å². The lowest BCUT2D eigenvalue weighted by Crippen LogP contribution is -2.56. The number of aryl methyl sites for hydroxylation is 1. The van der Waals surface area contributed by atoms with Crippen LogP contribution < -0.4 is 35.5 Å². The Balaban J connectivity index is 0.000000174. The largest absolute Gasteiger partial charge is 0.487 e. The number of rotatable bonds is 26. The monoisotopic (exact) mass is 2080 g/mol. The highest BCUT2D eigenvalue weighted by molar-refractivity contribution is 8.01. The number of sulfone groups is 1. The summed E-state index contributed by atoms with van der Waals surface area (Å²) >= 11 is 8.90. The third kappa shape index (κ3) is 39.6. The summed E-state index contributed by atoms with van der Waals surface area (Å²) in [6.07, 6.45) is 15.3. The van der Waals surface area contributed by atoms with Crippen LogP contribution in [0.5, 0.6) is 17.4 Å². The van der Waals surface area contributed by atoms with E-state index in [1.807, 2.05) is 150 Å². The van der Waals surface area contributed by atoms with Gasteiger partial charge in [0.1, 0.15) is 51.5 Å². The Kier molecular flexibility index (Phi) is 42.0. The number of carbonyl (C=O) groups is 3. The van der Waals surface area contributed by atoms with Crippen LogP contribution in [0.25, 0.3) is 54.9 Å². The van der Waals surface area contributed by atoms with Crippen LogP contribution in [0.3, 0.4) is 0 Å². The summed E-state index contributed by atoms with van der Waals surface area (Å²) < 4.78 is 43.8. The highest BCUT2D eigenvalue weighted by atomic mass is 32.2. The molecule has 4 aliphatic heterocycles. The van der Waals surface area contributed by atoms with Gasteiger partial charge < -0.3 is 59.9 Å². The van der Waals surface area contributed by atoms with Crippen LogP contribution in [0.4, 0.5) is 11.5 Å². The first-order valence-corrected chi connectivity index (χ1v) is 55.7. The second-order valence-electron chi connectivity index (χ2n) is 44.3. The van der Waals surface area contributed by atoms with Crippen LogP contribution in [0, 0.1) is 5.92 Å². The molecule has 34 heteroatoms. The number of piperidine rings is 1. The van der Waals surface area contributed by atoms with Crippen molar-refractivity contribution in [2.24, 2.45) is 24.4 Å². The number of piperazine rings is 1. The van der Waals surface area contributed by atoms with Gasteiger partial charge in [-0.25, -0.2) is 48.1 Å². The molecule has 0 atom stereocenters. The number of nitrogens with zero attached hydrogens (tertiary/aromatic N) is 17. The number of anilines is 2. The number of hydrogen-bond acceptors (Lipinski definition) is 31. The Labute approximate surface area is 876 Å². The fraction of sp³-hybridized carbons (Fsp3) is 0.527. The minimum absolute atomic E-state index is 0.0124. The Morgan fingerprint density at radius 1 is 0.465 bits per heavy atom. The molecule has 0 unspecified atom stereocenters. The molecule has 0 saturated carbocycles. The van der Waals surface area contributed by atoms with Crippen molar-refractivity contribution in [3.8, 4) is 17.4 Å². The highest BCUT2D eigenvalue weighted by Gasteiger charge is 2.30. The maximum atomic E-state index is 12.5. The number of fused-ring (bicyclic) bond motifs is 5. The topological polar surface area (TPSA) is 348 Å². The number of benzene rings is 5. The van der Waals surface area contributed by atoms with E-state index in [2.05, 4.69) is 229 Å². The number of carboxylic acids is 1. The molecule has 144 heavy (non-hydrogen) atoms. The maximum absolute atomic E-state index is 12.5. The number of Topliss-reactive ketones (excluding diaryl/α,β-unsaturated/α-hetero) is 2. The molecule has 7 aromatic heterocycles. The van der Waals surface area contributed by atoms with Crippen molar-refractivity contribution < 1.29 is 42.1 Å². The molecule has 5 aromatic carbocycles. The Bertz CT molecular complexity index is 6320. The van der Waals surface area contributed by atoms with Crippen molar-refractivity contribution in [3.05, 3.63) is 170 Å². The van der Waals surface area contributed by atoms with Gasteiger partial charge in [-0.15, -0.1) is 79.2 Å². The number of unbranched alkanes of at least 4 members (excludes halogenated alkanes) is 1. The van der Waals surface area contributed by atoms with Gasteiger partial charge in [0, 0.05) is 167 Å². The number of pyridine rings is 3. The Morgan fingerprint density at radius 2 is 0.938 bits per heavy atom. The number of carboxylic acid groups (broad SMARTS) is 1. The number of nitrogens with two attached hydrogens (primary N) is 2. The smallest absolute Gasteiger partial charge is 0.354 e. The molecular formula is C110H155N19O9S6. The van der Waals surface area contributed by atoms with Gasteiger partial charge >= 0.3 is 5.97 Å². The van der Waals surface area contributed by atoms with Crippen molar-refractivity contribution in [1.82, 2.24) is 74.5 Å². The number of carbonyl (C=O) groups excluding carboxylic acids is 2. The second kappa shape index (κ2) is 51.9. The van der Waals surface area contributed by atoms with Crippen molar-refractivity contribution in [1.29, 1.82) is 0 Å². The summed E-state index contributed by atoms with van der Waals surface area (Å²) in [5.74, 6) is 3.34. The number of ketones is 2. The third-order valence-corrected chi connectivity index (χ3v) is 29.5. The zero-order chi connectivity index (χ0) is 105. The van der Waals surface area contributed by atoms with Gasteiger partial charge in [-0.3, -0.25) is 9.59 Å². The molecule has 0 radical (unpaired) electrons. The summed E-state index contributed by atoms with van der Waals surface area (Å²) in [5, 5.41) is 28.9. The summed E-state index contributed by atoms with van der Waals surface area (Å²) in [5.41, 5.74) is 18.0. The fourth-order valence-corrected chi connectivity index (χ4v) is 21.9. The number of likely N-dealkylation sites (N-methyl/N-ethyl adjacent to an activating group) is 1. The van der Waals surface area contributed by atoms with Crippen molar-refractivity contribution in [2.45, 2.75) is 293 Å². The molecule has 4 aliphatic rings.